The van der Waals surface area contributed by atoms with E-state index in [0.29, 0.717) is 10.8 Å². The van der Waals surface area contributed by atoms with Crippen LogP contribution in [0.25, 0.3) is 0 Å². The maximum Gasteiger partial charge on any atom is -0.0323 e. The van der Waals surface area contributed by atoms with Gasteiger partial charge in [0.25, 0.3) is 0 Å². The van der Waals surface area contributed by atoms with Crippen LogP contribution in [-0.4, -0.2) is 0 Å². The SMILES string of the molecule is C[C@H]1[C@@H]2CCCC(C)(C)[C@H]2CCC1(C)C. The molecule has 0 radical (unpaired) electrons. The van der Waals surface area contributed by atoms with Crippen molar-refractivity contribution >= 4 is 0 Å². The fourth-order valence-corrected chi connectivity index (χ4v) is 4.30. The summed E-state index contributed by atoms with van der Waals surface area (Å²) in [6, 6.07) is 0. The highest BCUT2D eigenvalue weighted by atomic mass is 14.5. The minimum atomic E-state index is 0.592. The first-order valence-corrected chi connectivity index (χ1v) is 6.84. The zero-order chi connectivity index (χ0) is 11.3. The van der Waals surface area contributed by atoms with E-state index in [1.54, 1.807) is 0 Å². The Morgan fingerprint density at radius 1 is 0.867 bits per heavy atom. The summed E-state index contributed by atoms with van der Waals surface area (Å²) < 4.78 is 0. The van der Waals surface area contributed by atoms with Crippen LogP contribution in [0.2, 0.25) is 0 Å². The van der Waals surface area contributed by atoms with Crippen LogP contribution in [0, 0.1) is 28.6 Å². The molecule has 2 aliphatic carbocycles. The van der Waals surface area contributed by atoms with Crippen LogP contribution in [0.3, 0.4) is 0 Å². The van der Waals surface area contributed by atoms with Gasteiger partial charge in [0.15, 0.2) is 0 Å². The van der Waals surface area contributed by atoms with E-state index in [-0.39, 0.29) is 0 Å². The van der Waals surface area contributed by atoms with E-state index in [2.05, 4.69) is 34.6 Å². The molecule has 0 heteroatoms. The van der Waals surface area contributed by atoms with Crippen LogP contribution in [0.5, 0.6) is 0 Å². The van der Waals surface area contributed by atoms with Crippen molar-refractivity contribution in [2.24, 2.45) is 28.6 Å². The maximum absolute atomic E-state index is 2.51. The molecule has 0 unspecified atom stereocenters. The van der Waals surface area contributed by atoms with Crippen molar-refractivity contribution in [3.05, 3.63) is 0 Å². The molecule has 88 valence electrons. The van der Waals surface area contributed by atoms with Gasteiger partial charge in [-0.1, -0.05) is 41.0 Å². The highest BCUT2D eigenvalue weighted by molar-refractivity contribution is 4.97. The molecule has 0 aromatic heterocycles. The van der Waals surface area contributed by atoms with Gasteiger partial charge in [-0.2, -0.15) is 0 Å². The van der Waals surface area contributed by atoms with Crippen LogP contribution in [-0.2, 0) is 0 Å². The average molecular weight is 208 g/mol. The zero-order valence-corrected chi connectivity index (χ0v) is 11.3. The van der Waals surface area contributed by atoms with Gasteiger partial charge in [-0.05, 0) is 54.3 Å². The molecule has 0 spiro atoms. The molecule has 0 bridgehead atoms. The topological polar surface area (TPSA) is 0 Å². The van der Waals surface area contributed by atoms with E-state index in [1.807, 2.05) is 0 Å². The first-order chi connectivity index (χ1) is 6.84. The van der Waals surface area contributed by atoms with Gasteiger partial charge < -0.3 is 0 Å². The van der Waals surface area contributed by atoms with E-state index in [1.165, 1.54) is 32.1 Å². The molecule has 0 amide bonds. The summed E-state index contributed by atoms with van der Waals surface area (Å²) in [7, 11) is 0. The second-order valence-corrected chi connectivity index (χ2v) is 7.47. The molecule has 0 aliphatic heterocycles. The van der Waals surface area contributed by atoms with Gasteiger partial charge in [0.1, 0.15) is 0 Å². The second-order valence-electron chi connectivity index (χ2n) is 7.47. The van der Waals surface area contributed by atoms with Crippen molar-refractivity contribution in [2.75, 3.05) is 0 Å². The quantitative estimate of drug-likeness (QED) is 0.532. The molecule has 3 atom stereocenters. The van der Waals surface area contributed by atoms with Crippen molar-refractivity contribution in [3.8, 4) is 0 Å². The van der Waals surface area contributed by atoms with Crippen molar-refractivity contribution in [1.29, 1.82) is 0 Å². The van der Waals surface area contributed by atoms with E-state index in [4.69, 9.17) is 0 Å². The summed E-state index contributed by atoms with van der Waals surface area (Å²) in [5.41, 5.74) is 1.21. The van der Waals surface area contributed by atoms with Crippen LogP contribution in [0.4, 0.5) is 0 Å². The number of rotatable bonds is 0. The molecular weight excluding hydrogens is 180 g/mol. The Morgan fingerprint density at radius 3 is 2.20 bits per heavy atom. The van der Waals surface area contributed by atoms with Crippen LogP contribution in [0.15, 0.2) is 0 Å². The van der Waals surface area contributed by atoms with Crippen molar-refractivity contribution in [1.82, 2.24) is 0 Å². The molecule has 2 rings (SSSR count). The zero-order valence-electron chi connectivity index (χ0n) is 11.3. The second kappa shape index (κ2) is 3.50. The first kappa shape index (κ1) is 11.5. The number of hydrogen-bond donors (Lipinski definition) is 0. The van der Waals surface area contributed by atoms with Gasteiger partial charge in [-0.3, -0.25) is 0 Å². The Hall–Kier alpha value is 0. The Morgan fingerprint density at radius 2 is 1.53 bits per heavy atom. The average Bonchev–Trinajstić information content (AvgIpc) is 2.11. The summed E-state index contributed by atoms with van der Waals surface area (Å²) in [4.78, 5) is 0. The summed E-state index contributed by atoms with van der Waals surface area (Å²) in [5, 5.41) is 0. The van der Waals surface area contributed by atoms with Crippen LogP contribution in [0.1, 0.15) is 66.7 Å². The predicted molar refractivity (Wildman–Crippen MR) is 66.8 cm³/mol. The van der Waals surface area contributed by atoms with Crippen LogP contribution < -0.4 is 0 Å². The monoisotopic (exact) mass is 208 g/mol. The summed E-state index contributed by atoms with van der Waals surface area (Å²) in [5.74, 6) is 2.95. The van der Waals surface area contributed by atoms with Gasteiger partial charge in [0.05, 0.1) is 0 Å². The van der Waals surface area contributed by atoms with E-state index in [0.717, 1.165) is 17.8 Å². The lowest BCUT2D eigenvalue weighted by Crippen LogP contribution is -2.46. The van der Waals surface area contributed by atoms with Crippen molar-refractivity contribution in [2.45, 2.75) is 66.7 Å². The molecule has 2 fully saturated rings. The normalized spacial score (nSPS) is 43.4. The minimum absolute atomic E-state index is 0.592. The fourth-order valence-electron chi connectivity index (χ4n) is 4.30. The summed E-state index contributed by atoms with van der Waals surface area (Å²) >= 11 is 0. The molecule has 15 heavy (non-hydrogen) atoms. The number of hydrogen-bond acceptors (Lipinski definition) is 0. The maximum atomic E-state index is 2.51. The highest BCUT2D eigenvalue weighted by Crippen LogP contribution is 2.57. The molecule has 0 aromatic rings. The van der Waals surface area contributed by atoms with E-state index < -0.39 is 0 Å². The molecule has 0 heterocycles. The largest absolute Gasteiger partial charge is 0.0617 e. The van der Waals surface area contributed by atoms with Gasteiger partial charge in [0.2, 0.25) is 0 Å². The van der Waals surface area contributed by atoms with Gasteiger partial charge in [-0.15, -0.1) is 0 Å². The Balaban J connectivity index is 2.21. The van der Waals surface area contributed by atoms with Crippen molar-refractivity contribution in [3.63, 3.8) is 0 Å². The Kier molecular flexibility index (Phi) is 2.68. The lowest BCUT2D eigenvalue weighted by molar-refractivity contribution is -0.0475. The molecular formula is C15H28. The van der Waals surface area contributed by atoms with Gasteiger partial charge in [0, 0.05) is 0 Å². The van der Waals surface area contributed by atoms with Gasteiger partial charge in [-0.25, -0.2) is 0 Å². The lowest BCUT2D eigenvalue weighted by Gasteiger charge is -2.54. The Labute approximate surface area is 95.8 Å². The molecule has 2 saturated carbocycles. The van der Waals surface area contributed by atoms with E-state index in [9.17, 15) is 0 Å². The third-order valence-electron chi connectivity index (χ3n) is 5.85. The smallest absolute Gasteiger partial charge is 0.0323 e. The fraction of sp³-hybridized carbons (Fsp3) is 1.00. The molecule has 0 saturated heterocycles. The van der Waals surface area contributed by atoms with E-state index >= 15 is 0 Å². The molecule has 0 nitrogen and oxygen atoms in total. The van der Waals surface area contributed by atoms with Crippen LogP contribution >= 0.6 is 0 Å². The Bertz CT molecular complexity index is 236. The molecule has 0 aromatic carbocycles. The predicted octanol–water partition coefficient (Wildman–Crippen LogP) is 4.89. The first-order valence-electron chi connectivity index (χ1n) is 6.84. The molecule has 2 aliphatic rings. The summed E-state index contributed by atoms with van der Waals surface area (Å²) in [6.07, 6.45) is 7.35. The van der Waals surface area contributed by atoms with Crippen molar-refractivity contribution < 1.29 is 0 Å². The lowest BCUT2D eigenvalue weighted by atomic mass is 9.51. The third-order valence-corrected chi connectivity index (χ3v) is 5.85. The van der Waals surface area contributed by atoms with Gasteiger partial charge >= 0.3 is 0 Å². The third kappa shape index (κ3) is 1.85. The molecule has 0 N–H and O–H groups in total. The highest BCUT2D eigenvalue weighted by Gasteiger charge is 2.47. The summed E-state index contributed by atoms with van der Waals surface area (Å²) in [6.45, 7) is 12.5. The standard InChI is InChI=1S/C15H28/c1-11-12-7-6-9-15(4,5)13(12)8-10-14(11,2)3/h11-13H,6-10H2,1-5H3/t11-,12-,13-/m0/s1. The number of fused-ring (bicyclic) bond motifs is 1. The minimum Gasteiger partial charge on any atom is -0.0617 e.